The number of hydrogen-bond acceptors (Lipinski definition) is 6. The first-order chi connectivity index (χ1) is 9.15. The van der Waals surface area contributed by atoms with Gasteiger partial charge in [-0.1, -0.05) is 0 Å². The van der Waals surface area contributed by atoms with E-state index in [0.717, 1.165) is 0 Å². The minimum absolute atomic E-state index is 0.190. The van der Waals surface area contributed by atoms with Gasteiger partial charge in [0.15, 0.2) is 5.56 Å². The van der Waals surface area contributed by atoms with E-state index in [1.54, 1.807) is 0 Å². The summed E-state index contributed by atoms with van der Waals surface area (Å²) in [6.45, 7) is 1.06. The van der Waals surface area contributed by atoms with Crippen LogP contribution in [0.5, 0.6) is 5.88 Å². The maximum Gasteiger partial charge on any atom is 0.574 e. The molecule has 0 saturated heterocycles. The summed E-state index contributed by atoms with van der Waals surface area (Å²) in [6.07, 6.45) is -5.31. The van der Waals surface area contributed by atoms with E-state index in [-0.39, 0.29) is 12.7 Å². The molecule has 20 heavy (non-hydrogen) atoms. The largest absolute Gasteiger partial charge is 0.574 e. The highest BCUT2D eigenvalue weighted by Gasteiger charge is 2.38. The van der Waals surface area contributed by atoms with E-state index in [4.69, 9.17) is 0 Å². The number of pyridine rings is 1. The second-order valence-corrected chi connectivity index (χ2v) is 3.17. The lowest BCUT2D eigenvalue weighted by Crippen LogP contribution is -2.21. The predicted molar refractivity (Wildman–Crippen MR) is 53.5 cm³/mol. The molecule has 0 aliphatic heterocycles. The minimum atomic E-state index is -5.31. The molecule has 0 unspecified atom stereocenters. The lowest BCUT2D eigenvalue weighted by Gasteiger charge is -2.11. The monoisotopic (exact) mass is 298 g/mol. The average Bonchev–Trinajstić information content (AvgIpc) is 2.25. The topological polar surface area (TPSA) is 91.6 Å². The van der Waals surface area contributed by atoms with Crippen LogP contribution in [0.25, 0.3) is 0 Å². The molecule has 0 amide bonds. The number of nitro groups is 1. The molecule has 1 aromatic heterocycles. The van der Waals surface area contributed by atoms with Crippen LogP contribution >= 0.6 is 0 Å². The number of hydrogen-bond donors (Lipinski definition) is 0. The lowest BCUT2D eigenvalue weighted by atomic mass is 10.2. The standard InChI is InChI=1S/C9H6F4N2O5/c1-2-19-8(16)6-4(15(17)18)3-5(10)14-7(6)20-9(11,12)13/h3H,2H2,1H3. The Labute approximate surface area is 108 Å². The third kappa shape index (κ3) is 3.76. The molecule has 0 spiro atoms. The molecule has 11 heteroatoms. The molecule has 1 aromatic rings. The molecule has 0 saturated carbocycles. The van der Waals surface area contributed by atoms with Crippen LogP contribution in [0, 0.1) is 16.1 Å². The number of alkyl halides is 3. The second-order valence-electron chi connectivity index (χ2n) is 3.17. The molecule has 0 bridgehead atoms. The zero-order valence-electron chi connectivity index (χ0n) is 9.73. The smallest absolute Gasteiger partial charge is 0.462 e. The highest BCUT2D eigenvalue weighted by molar-refractivity contribution is 5.96. The van der Waals surface area contributed by atoms with Crippen molar-refractivity contribution in [1.29, 1.82) is 0 Å². The van der Waals surface area contributed by atoms with Gasteiger partial charge in [0.2, 0.25) is 11.8 Å². The number of ether oxygens (including phenoxy) is 2. The normalized spacial score (nSPS) is 11.1. The Kier molecular flexibility index (Phi) is 4.42. The molecule has 110 valence electrons. The molecule has 1 heterocycles. The van der Waals surface area contributed by atoms with Gasteiger partial charge in [-0.3, -0.25) is 10.1 Å². The molecule has 1 rings (SSSR count). The SMILES string of the molecule is CCOC(=O)c1c([N+](=O)[O-])cc(F)nc1OC(F)(F)F. The zero-order valence-corrected chi connectivity index (χ0v) is 9.73. The van der Waals surface area contributed by atoms with Crippen molar-refractivity contribution in [1.82, 2.24) is 4.98 Å². The Balaban J connectivity index is 3.47. The van der Waals surface area contributed by atoms with Crippen LogP contribution in [0.1, 0.15) is 17.3 Å². The highest BCUT2D eigenvalue weighted by atomic mass is 19.4. The van der Waals surface area contributed by atoms with Gasteiger partial charge in [0.1, 0.15) is 0 Å². The lowest BCUT2D eigenvalue weighted by molar-refractivity contribution is -0.385. The Morgan fingerprint density at radius 1 is 1.50 bits per heavy atom. The first-order valence-corrected chi connectivity index (χ1v) is 4.93. The summed E-state index contributed by atoms with van der Waals surface area (Å²) >= 11 is 0. The highest BCUT2D eigenvalue weighted by Crippen LogP contribution is 2.31. The Morgan fingerprint density at radius 2 is 2.10 bits per heavy atom. The summed E-state index contributed by atoms with van der Waals surface area (Å²) in [5.74, 6) is -4.67. The Morgan fingerprint density at radius 3 is 2.55 bits per heavy atom. The fraction of sp³-hybridized carbons (Fsp3) is 0.333. The molecule has 0 aromatic carbocycles. The van der Waals surface area contributed by atoms with Gasteiger partial charge in [0.05, 0.1) is 17.6 Å². The molecule has 0 aliphatic rings. The maximum atomic E-state index is 13.0. The molecule has 0 N–H and O–H groups in total. The van der Waals surface area contributed by atoms with Crippen molar-refractivity contribution in [3.05, 3.63) is 27.7 Å². The van der Waals surface area contributed by atoms with Crippen LogP contribution in [0.2, 0.25) is 0 Å². The van der Waals surface area contributed by atoms with E-state index in [0.29, 0.717) is 0 Å². The minimum Gasteiger partial charge on any atom is -0.462 e. The summed E-state index contributed by atoms with van der Waals surface area (Å²) in [5, 5.41) is 10.7. The van der Waals surface area contributed by atoms with Crippen molar-refractivity contribution in [2.75, 3.05) is 6.61 Å². The van der Waals surface area contributed by atoms with E-state index in [9.17, 15) is 32.5 Å². The average molecular weight is 298 g/mol. The number of nitrogens with zero attached hydrogens (tertiary/aromatic N) is 2. The van der Waals surface area contributed by atoms with E-state index in [1.165, 1.54) is 6.92 Å². The van der Waals surface area contributed by atoms with Crippen LogP contribution < -0.4 is 4.74 Å². The Bertz CT molecular complexity index is 546. The summed E-state index contributed by atoms with van der Waals surface area (Å²) in [6, 6.07) is 0.190. The van der Waals surface area contributed by atoms with E-state index >= 15 is 0 Å². The number of esters is 1. The zero-order chi connectivity index (χ0) is 15.5. The quantitative estimate of drug-likeness (QED) is 0.278. The van der Waals surface area contributed by atoms with Gasteiger partial charge in [0, 0.05) is 0 Å². The Hall–Kier alpha value is -2.46. The summed E-state index contributed by atoms with van der Waals surface area (Å²) in [7, 11) is 0. The molecular weight excluding hydrogens is 292 g/mol. The van der Waals surface area contributed by atoms with Gasteiger partial charge in [-0.2, -0.15) is 9.37 Å². The molecule has 0 aliphatic carbocycles. The van der Waals surface area contributed by atoms with Crippen LogP contribution in [-0.4, -0.2) is 28.8 Å². The van der Waals surface area contributed by atoms with E-state index < -0.39 is 40.3 Å². The molecular formula is C9H6F4N2O5. The second kappa shape index (κ2) is 5.67. The van der Waals surface area contributed by atoms with E-state index in [2.05, 4.69) is 14.5 Å². The number of halogens is 4. The van der Waals surface area contributed by atoms with Gasteiger partial charge in [-0.25, -0.2) is 4.79 Å². The van der Waals surface area contributed by atoms with Crippen LogP contribution in [0.4, 0.5) is 23.2 Å². The molecule has 0 atom stereocenters. The number of carbonyl (C=O) groups is 1. The molecule has 7 nitrogen and oxygen atoms in total. The van der Waals surface area contributed by atoms with Crippen LogP contribution in [-0.2, 0) is 4.74 Å². The van der Waals surface area contributed by atoms with Crippen molar-refractivity contribution in [3.8, 4) is 5.88 Å². The fourth-order valence-corrected chi connectivity index (χ4v) is 1.20. The van der Waals surface area contributed by atoms with Gasteiger partial charge in [-0.05, 0) is 6.92 Å². The van der Waals surface area contributed by atoms with Crippen molar-refractivity contribution >= 4 is 11.7 Å². The predicted octanol–water partition coefficient (Wildman–Crippen LogP) is 2.20. The fourth-order valence-electron chi connectivity index (χ4n) is 1.20. The molecule has 0 fully saturated rings. The van der Waals surface area contributed by atoms with Crippen LogP contribution in [0.15, 0.2) is 6.07 Å². The van der Waals surface area contributed by atoms with Gasteiger partial charge in [-0.15, -0.1) is 13.2 Å². The number of carbonyl (C=O) groups excluding carboxylic acids is 1. The van der Waals surface area contributed by atoms with Crippen molar-refractivity contribution in [2.24, 2.45) is 0 Å². The van der Waals surface area contributed by atoms with Gasteiger partial charge < -0.3 is 9.47 Å². The third-order valence-electron chi connectivity index (χ3n) is 1.82. The summed E-state index contributed by atoms with van der Waals surface area (Å²) < 4.78 is 57.0. The molecule has 0 radical (unpaired) electrons. The number of aromatic nitrogens is 1. The van der Waals surface area contributed by atoms with Crippen molar-refractivity contribution in [3.63, 3.8) is 0 Å². The van der Waals surface area contributed by atoms with Crippen molar-refractivity contribution < 1.29 is 36.8 Å². The third-order valence-corrected chi connectivity index (χ3v) is 1.82. The van der Waals surface area contributed by atoms with Crippen LogP contribution in [0.3, 0.4) is 0 Å². The summed E-state index contributed by atoms with van der Waals surface area (Å²) in [4.78, 5) is 23.6. The maximum absolute atomic E-state index is 13.0. The first kappa shape index (κ1) is 15.6. The van der Waals surface area contributed by atoms with Gasteiger partial charge in [0.25, 0.3) is 5.69 Å². The van der Waals surface area contributed by atoms with Gasteiger partial charge >= 0.3 is 12.3 Å². The number of rotatable bonds is 4. The first-order valence-electron chi connectivity index (χ1n) is 4.93. The van der Waals surface area contributed by atoms with E-state index in [1.807, 2.05) is 0 Å². The summed E-state index contributed by atoms with van der Waals surface area (Å²) in [5.41, 5.74) is -2.45. The van der Waals surface area contributed by atoms with Crippen molar-refractivity contribution in [2.45, 2.75) is 13.3 Å².